The highest BCUT2D eigenvalue weighted by Gasteiger charge is 2.42. The van der Waals surface area contributed by atoms with Crippen molar-refractivity contribution in [1.82, 2.24) is 20.0 Å². The molecule has 0 radical (unpaired) electrons. The number of nitrogens with one attached hydrogen (secondary N) is 1. The summed E-state index contributed by atoms with van der Waals surface area (Å²) in [6.45, 7) is 5.63. The summed E-state index contributed by atoms with van der Waals surface area (Å²) in [6, 6.07) is 0.495. The van der Waals surface area contributed by atoms with Crippen LogP contribution >= 0.6 is 0 Å². The fraction of sp³-hybridized carbons (Fsp3) is 0.824. The number of nitrogens with zero attached hydrogens (tertiary/aromatic N) is 3. The van der Waals surface area contributed by atoms with E-state index in [1.54, 1.807) is 0 Å². The number of aryl methyl sites for hydroxylation is 1. The molecule has 120 valence electrons. The van der Waals surface area contributed by atoms with Gasteiger partial charge in [-0.3, -0.25) is 4.68 Å². The van der Waals surface area contributed by atoms with E-state index in [1.807, 2.05) is 17.9 Å². The first-order chi connectivity index (χ1) is 9.98. The van der Waals surface area contributed by atoms with Gasteiger partial charge in [-0.05, 0) is 64.2 Å². The molecule has 2 rings (SSSR count). The van der Waals surface area contributed by atoms with Crippen molar-refractivity contribution in [1.29, 1.82) is 0 Å². The second-order valence-electron chi connectivity index (χ2n) is 7.02. The van der Waals surface area contributed by atoms with Crippen molar-refractivity contribution in [3.05, 3.63) is 18.0 Å². The van der Waals surface area contributed by atoms with Gasteiger partial charge in [-0.25, -0.2) is 0 Å². The lowest BCUT2D eigenvalue weighted by Gasteiger charge is -2.50. The first-order valence-corrected chi connectivity index (χ1v) is 8.36. The van der Waals surface area contributed by atoms with Crippen LogP contribution in [0.15, 0.2) is 12.4 Å². The molecule has 1 fully saturated rings. The third-order valence-electron chi connectivity index (χ3n) is 5.33. The summed E-state index contributed by atoms with van der Waals surface area (Å²) in [4.78, 5) is 2.47. The molecule has 1 atom stereocenters. The van der Waals surface area contributed by atoms with Crippen LogP contribution in [-0.4, -0.2) is 46.9 Å². The first-order valence-electron chi connectivity index (χ1n) is 8.36. The summed E-state index contributed by atoms with van der Waals surface area (Å²) >= 11 is 0. The predicted octanol–water partition coefficient (Wildman–Crippen LogP) is 2.45. The van der Waals surface area contributed by atoms with Crippen LogP contribution in [0, 0.1) is 5.92 Å². The van der Waals surface area contributed by atoms with Crippen molar-refractivity contribution in [2.45, 2.75) is 57.5 Å². The average molecular weight is 292 g/mol. The highest BCUT2D eigenvalue weighted by molar-refractivity contribution is 5.12. The Morgan fingerprint density at radius 3 is 2.57 bits per heavy atom. The van der Waals surface area contributed by atoms with Crippen LogP contribution in [0.2, 0.25) is 0 Å². The molecule has 0 spiro atoms. The minimum absolute atomic E-state index is 0.276. The molecule has 1 unspecified atom stereocenters. The average Bonchev–Trinajstić information content (AvgIpc) is 2.85. The van der Waals surface area contributed by atoms with Gasteiger partial charge < -0.3 is 10.2 Å². The largest absolute Gasteiger partial charge is 0.312 e. The smallest absolute Gasteiger partial charge is 0.0522 e. The maximum absolute atomic E-state index is 4.33. The molecular formula is C17H32N4. The normalized spacial score (nSPS) is 28.0. The van der Waals surface area contributed by atoms with Crippen molar-refractivity contribution in [2.24, 2.45) is 13.0 Å². The van der Waals surface area contributed by atoms with Gasteiger partial charge in [0.1, 0.15) is 0 Å². The van der Waals surface area contributed by atoms with Gasteiger partial charge in [0, 0.05) is 24.8 Å². The summed E-state index contributed by atoms with van der Waals surface area (Å²) in [5, 5.41) is 8.10. The molecule has 1 aliphatic rings. The molecule has 0 saturated heterocycles. The molecule has 1 saturated carbocycles. The van der Waals surface area contributed by atoms with Crippen molar-refractivity contribution >= 4 is 0 Å². The van der Waals surface area contributed by atoms with Crippen LogP contribution in [0.4, 0.5) is 0 Å². The number of aromatic nitrogens is 2. The van der Waals surface area contributed by atoms with E-state index in [9.17, 15) is 0 Å². The van der Waals surface area contributed by atoms with Gasteiger partial charge >= 0.3 is 0 Å². The minimum Gasteiger partial charge on any atom is -0.312 e. The van der Waals surface area contributed by atoms with Crippen molar-refractivity contribution in [2.75, 3.05) is 20.6 Å². The minimum atomic E-state index is 0.276. The molecule has 1 N–H and O–H groups in total. The molecule has 0 bridgehead atoms. The molecule has 0 amide bonds. The maximum Gasteiger partial charge on any atom is 0.0522 e. The van der Waals surface area contributed by atoms with E-state index in [0.717, 1.165) is 18.9 Å². The van der Waals surface area contributed by atoms with Crippen LogP contribution in [0.1, 0.15) is 45.1 Å². The lowest BCUT2D eigenvalue weighted by molar-refractivity contribution is 0.0440. The monoisotopic (exact) mass is 292 g/mol. The summed E-state index contributed by atoms with van der Waals surface area (Å²) in [6.07, 6.45) is 10.5. The highest BCUT2D eigenvalue weighted by Crippen LogP contribution is 2.38. The van der Waals surface area contributed by atoms with Gasteiger partial charge in [0.05, 0.1) is 6.20 Å². The van der Waals surface area contributed by atoms with E-state index in [0.29, 0.717) is 6.04 Å². The van der Waals surface area contributed by atoms with E-state index >= 15 is 0 Å². The number of rotatable bonds is 6. The Balaban J connectivity index is 2.20. The zero-order valence-electron chi connectivity index (χ0n) is 14.4. The summed E-state index contributed by atoms with van der Waals surface area (Å²) in [5.41, 5.74) is 1.61. The zero-order valence-corrected chi connectivity index (χ0v) is 14.4. The van der Waals surface area contributed by atoms with Crippen LogP contribution in [0.25, 0.3) is 0 Å². The van der Waals surface area contributed by atoms with Crippen molar-refractivity contribution < 1.29 is 0 Å². The van der Waals surface area contributed by atoms with E-state index in [1.165, 1.54) is 31.2 Å². The summed E-state index contributed by atoms with van der Waals surface area (Å²) in [7, 11) is 6.50. The first kappa shape index (κ1) is 16.5. The van der Waals surface area contributed by atoms with Crippen LogP contribution in [0.3, 0.4) is 0 Å². The van der Waals surface area contributed by atoms with E-state index in [-0.39, 0.29) is 5.54 Å². The second-order valence-corrected chi connectivity index (χ2v) is 7.02. The third kappa shape index (κ3) is 3.67. The lowest BCUT2D eigenvalue weighted by Crippen LogP contribution is -2.61. The zero-order chi connectivity index (χ0) is 15.5. The Morgan fingerprint density at radius 2 is 2.10 bits per heavy atom. The van der Waals surface area contributed by atoms with Gasteiger partial charge in [-0.1, -0.05) is 13.8 Å². The number of hydrogen-bond donors (Lipinski definition) is 1. The van der Waals surface area contributed by atoms with Gasteiger partial charge in [-0.15, -0.1) is 0 Å². The SMILES string of the molecule is CCNC(Cc1cnn(C)c1)C1(N(C)C)CCC(C)CC1. The molecule has 4 heteroatoms. The summed E-state index contributed by atoms with van der Waals surface area (Å²) < 4.78 is 1.91. The highest BCUT2D eigenvalue weighted by atomic mass is 15.2. The molecule has 0 aromatic carbocycles. The van der Waals surface area contributed by atoms with E-state index in [4.69, 9.17) is 0 Å². The molecule has 1 aromatic rings. The van der Waals surface area contributed by atoms with E-state index < -0.39 is 0 Å². The van der Waals surface area contributed by atoms with Gasteiger partial charge in [0.25, 0.3) is 0 Å². The molecular weight excluding hydrogens is 260 g/mol. The second kappa shape index (κ2) is 6.93. The quantitative estimate of drug-likeness (QED) is 0.874. The van der Waals surface area contributed by atoms with Crippen LogP contribution < -0.4 is 5.32 Å². The van der Waals surface area contributed by atoms with Crippen LogP contribution in [-0.2, 0) is 13.5 Å². The fourth-order valence-corrected chi connectivity index (χ4v) is 3.88. The molecule has 1 heterocycles. The van der Waals surface area contributed by atoms with Gasteiger partial charge in [-0.2, -0.15) is 5.10 Å². The molecule has 21 heavy (non-hydrogen) atoms. The molecule has 0 aliphatic heterocycles. The van der Waals surface area contributed by atoms with Crippen LogP contribution in [0.5, 0.6) is 0 Å². The predicted molar refractivity (Wildman–Crippen MR) is 88.4 cm³/mol. The topological polar surface area (TPSA) is 33.1 Å². The molecule has 1 aliphatic carbocycles. The van der Waals surface area contributed by atoms with Crippen molar-refractivity contribution in [3.8, 4) is 0 Å². The van der Waals surface area contributed by atoms with E-state index in [2.05, 4.69) is 49.5 Å². The Hall–Kier alpha value is -0.870. The van der Waals surface area contributed by atoms with Gasteiger partial charge in [0.2, 0.25) is 0 Å². The van der Waals surface area contributed by atoms with Gasteiger partial charge in [0.15, 0.2) is 0 Å². The Bertz CT molecular complexity index is 430. The Morgan fingerprint density at radius 1 is 1.43 bits per heavy atom. The molecule has 1 aromatic heterocycles. The standard InChI is InChI=1S/C17H32N4/c1-6-18-16(11-15-12-19-21(5)13-15)17(20(3)4)9-7-14(2)8-10-17/h12-14,16,18H,6-11H2,1-5H3. The molecule has 4 nitrogen and oxygen atoms in total. The van der Waals surface area contributed by atoms with Crippen molar-refractivity contribution in [3.63, 3.8) is 0 Å². The third-order valence-corrected chi connectivity index (χ3v) is 5.33. The summed E-state index contributed by atoms with van der Waals surface area (Å²) in [5.74, 6) is 0.874. The Kier molecular flexibility index (Phi) is 5.44. The fourth-order valence-electron chi connectivity index (χ4n) is 3.88. The maximum atomic E-state index is 4.33. The number of hydrogen-bond acceptors (Lipinski definition) is 3. The lowest BCUT2D eigenvalue weighted by atomic mass is 9.70. The Labute approximate surface area is 129 Å². The number of likely N-dealkylation sites (N-methyl/N-ethyl adjacent to an activating group) is 2.